The molecule has 1 unspecified atom stereocenters. The Morgan fingerprint density at radius 2 is 1.79 bits per heavy atom. The lowest BCUT2D eigenvalue weighted by Gasteiger charge is -2.38. The van der Waals surface area contributed by atoms with Gasteiger partial charge in [0.15, 0.2) is 0 Å². The number of fused-ring (bicyclic) bond motifs is 3. The molecule has 10 nitrogen and oxygen atoms in total. The van der Waals surface area contributed by atoms with Crippen LogP contribution in [0.3, 0.4) is 0 Å². The third kappa shape index (κ3) is 3.76. The summed E-state index contributed by atoms with van der Waals surface area (Å²) in [5, 5.41) is 18.6. The highest BCUT2D eigenvalue weighted by Gasteiger charge is 2.74. The Morgan fingerprint density at radius 3 is 2.56 bits per heavy atom. The van der Waals surface area contributed by atoms with Gasteiger partial charge in [0.2, 0.25) is 17.7 Å². The Balaban J connectivity index is 1.43. The molecule has 2 fully saturated rings. The molecule has 6 atom stereocenters. The number of thioether (sulfide) groups is 1. The lowest BCUT2D eigenvalue weighted by molar-refractivity contribution is -0.147. The normalized spacial score (nSPS) is 32.9. The lowest BCUT2D eigenvalue weighted by Crippen LogP contribution is -2.56. The SMILES string of the molecule is CCCN1CC=C[C@@]2(C)S[C@]34C=CCN(Cn5nnc6ccccc65)C(=O)C3N([C@H](C)CO)C(=O)[C@@H]4[C@H]2C1=O. The van der Waals surface area contributed by atoms with Crippen LogP contribution in [0.25, 0.3) is 11.0 Å². The predicted molar refractivity (Wildman–Crippen MR) is 147 cm³/mol. The van der Waals surface area contributed by atoms with E-state index in [4.69, 9.17) is 0 Å². The first-order chi connectivity index (χ1) is 18.8. The third-order valence-corrected chi connectivity index (χ3v) is 10.4. The van der Waals surface area contributed by atoms with E-state index >= 15 is 0 Å². The monoisotopic (exact) mass is 550 g/mol. The first kappa shape index (κ1) is 26.1. The molecule has 0 aliphatic carbocycles. The molecule has 1 aromatic carbocycles. The number of para-hydroxylation sites is 1. The molecule has 5 heterocycles. The van der Waals surface area contributed by atoms with Crippen LogP contribution >= 0.6 is 11.8 Å². The van der Waals surface area contributed by atoms with Crippen LogP contribution in [0.1, 0.15) is 27.2 Å². The average Bonchev–Trinajstić information content (AvgIpc) is 3.46. The van der Waals surface area contributed by atoms with Crippen molar-refractivity contribution in [1.29, 1.82) is 0 Å². The molecule has 3 amide bonds. The van der Waals surface area contributed by atoms with Crippen molar-refractivity contribution in [3.63, 3.8) is 0 Å². The van der Waals surface area contributed by atoms with E-state index in [2.05, 4.69) is 16.4 Å². The first-order valence-electron chi connectivity index (χ1n) is 13.6. The van der Waals surface area contributed by atoms with Gasteiger partial charge in [-0.05, 0) is 32.4 Å². The standard InChI is InChI=1S/C28H34N6O4S/c1-4-13-31-14-7-11-27(3)21(24(31)36)22-25(37)34(18(2)16-35)23-26(38)32(15-8-12-28(22,23)39-27)17-33-20-10-6-5-9-19(20)29-30-33/h5-12,18,21-23,35H,4,13-17H2,1-3H3/t18-,21+,22+,23?,27-,28+/m1/s1. The molecular weight excluding hydrogens is 516 g/mol. The molecule has 1 spiro atoms. The Kier molecular flexibility index (Phi) is 6.33. The number of rotatable bonds is 6. The minimum atomic E-state index is -0.939. The Bertz CT molecular complexity index is 1390. The number of hydrogen-bond donors (Lipinski definition) is 1. The van der Waals surface area contributed by atoms with E-state index in [1.54, 1.807) is 33.2 Å². The molecule has 39 heavy (non-hydrogen) atoms. The maximum atomic E-state index is 14.5. The van der Waals surface area contributed by atoms with Gasteiger partial charge in [-0.3, -0.25) is 14.4 Å². The fourth-order valence-electron chi connectivity index (χ4n) is 6.90. The number of aliphatic hydroxyl groups excluding tert-OH is 1. The molecule has 206 valence electrons. The zero-order valence-corrected chi connectivity index (χ0v) is 23.3. The summed E-state index contributed by atoms with van der Waals surface area (Å²) >= 11 is 1.55. The minimum absolute atomic E-state index is 0.0413. The second-order valence-corrected chi connectivity index (χ2v) is 12.9. The largest absolute Gasteiger partial charge is 0.394 e. The van der Waals surface area contributed by atoms with E-state index in [1.165, 1.54) is 0 Å². The zero-order valence-electron chi connectivity index (χ0n) is 22.4. The van der Waals surface area contributed by atoms with Crippen molar-refractivity contribution in [3.05, 3.63) is 48.6 Å². The van der Waals surface area contributed by atoms with Crippen molar-refractivity contribution in [2.24, 2.45) is 11.8 Å². The molecule has 1 N–H and O–H groups in total. The molecule has 11 heteroatoms. The molecule has 4 aliphatic rings. The summed E-state index contributed by atoms with van der Waals surface area (Å²) in [4.78, 5) is 47.8. The van der Waals surface area contributed by atoms with Crippen LogP contribution in [0.15, 0.2) is 48.6 Å². The van der Waals surface area contributed by atoms with Crippen LogP contribution < -0.4 is 0 Å². The summed E-state index contributed by atoms with van der Waals surface area (Å²) in [5.74, 6) is -1.82. The van der Waals surface area contributed by atoms with Crippen LogP contribution in [0.4, 0.5) is 0 Å². The summed E-state index contributed by atoms with van der Waals surface area (Å²) in [5.41, 5.74) is 1.55. The van der Waals surface area contributed by atoms with Gasteiger partial charge in [0.05, 0.1) is 34.7 Å². The van der Waals surface area contributed by atoms with Crippen molar-refractivity contribution < 1.29 is 19.5 Å². The van der Waals surface area contributed by atoms with Gasteiger partial charge in [-0.25, -0.2) is 4.68 Å². The fourth-order valence-corrected chi connectivity index (χ4v) is 9.05. The molecule has 4 aliphatic heterocycles. The van der Waals surface area contributed by atoms with E-state index in [0.717, 1.165) is 17.5 Å². The Morgan fingerprint density at radius 1 is 1.05 bits per heavy atom. The van der Waals surface area contributed by atoms with E-state index in [1.807, 2.05) is 61.2 Å². The summed E-state index contributed by atoms with van der Waals surface area (Å²) in [6, 6.07) is 6.13. The smallest absolute Gasteiger partial charge is 0.248 e. The number of hydrogen-bond acceptors (Lipinski definition) is 7. The summed E-state index contributed by atoms with van der Waals surface area (Å²) in [6.07, 6.45) is 8.85. The quantitative estimate of drug-likeness (QED) is 0.545. The first-order valence-corrected chi connectivity index (χ1v) is 14.4. The van der Waals surface area contributed by atoms with Gasteiger partial charge in [-0.15, -0.1) is 16.9 Å². The summed E-state index contributed by atoms with van der Waals surface area (Å²) in [6.45, 7) is 7.17. The van der Waals surface area contributed by atoms with Crippen LogP contribution in [-0.4, -0.2) is 100 Å². The van der Waals surface area contributed by atoms with Gasteiger partial charge in [0, 0.05) is 24.4 Å². The molecule has 1 aromatic heterocycles. The van der Waals surface area contributed by atoms with Crippen LogP contribution in [-0.2, 0) is 21.1 Å². The van der Waals surface area contributed by atoms with Gasteiger partial charge in [-0.2, -0.15) is 0 Å². The number of carbonyl (C=O) groups is 3. The maximum Gasteiger partial charge on any atom is 0.248 e. The highest BCUT2D eigenvalue weighted by Crippen LogP contribution is 2.65. The number of benzene rings is 1. The average molecular weight is 551 g/mol. The van der Waals surface area contributed by atoms with Crippen LogP contribution in [0, 0.1) is 11.8 Å². The van der Waals surface area contributed by atoms with Crippen molar-refractivity contribution in [3.8, 4) is 0 Å². The number of carbonyl (C=O) groups excluding carboxylic acids is 3. The van der Waals surface area contributed by atoms with E-state index in [9.17, 15) is 19.5 Å². The van der Waals surface area contributed by atoms with E-state index in [0.29, 0.717) is 19.6 Å². The summed E-state index contributed by atoms with van der Waals surface area (Å²) in [7, 11) is 0. The van der Waals surface area contributed by atoms with Crippen LogP contribution in [0.2, 0.25) is 0 Å². The van der Waals surface area contributed by atoms with Gasteiger partial charge < -0.3 is 19.8 Å². The summed E-state index contributed by atoms with van der Waals surface area (Å²) < 4.78 is 0.106. The molecule has 2 saturated heterocycles. The zero-order chi connectivity index (χ0) is 27.5. The van der Waals surface area contributed by atoms with Crippen molar-refractivity contribution in [1.82, 2.24) is 29.7 Å². The van der Waals surface area contributed by atoms with Gasteiger partial charge >= 0.3 is 0 Å². The van der Waals surface area contributed by atoms with Gasteiger partial charge in [0.1, 0.15) is 18.2 Å². The third-order valence-electron chi connectivity index (χ3n) is 8.62. The molecule has 6 rings (SSSR count). The number of nitrogens with zero attached hydrogens (tertiary/aromatic N) is 6. The van der Waals surface area contributed by atoms with E-state index < -0.39 is 33.4 Å². The maximum absolute atomic E-state index is 14.5. The molecule has 0 bridgehead atoms. The number of amides is 3. The second-order valence-electron chi connectivity index (χ2n) is 11.1. The van der Waals surface area contributed by atoms with Crippen molar-refractivity contribution in [2.45, 2.75) is 55.4 Å². The molecule has 2 aromatic rings. The number of likely N-dealkylation sites (tertiary alicyclic amines) is 1. The van der Waals surface area contributed by atoms with Crippen molar-refractivity contribution in [2.75, 3.05) is 26.2 Å². The number of aromatic nitrogens is 3. The van der Waals surface area contributed by atoms with E-state index in [-0.39, 0.29) is 31.0 Å². The van der Waals surface area contributed by atoms with Gasteiger partial charge in [0.25, 0.3) is 0 Å². The van der Waals surface area contributed by atoms with Gasteiger partial charge in [-0.1, -0.05) is 48.6 Å². The second kappa shape index (κ2) is 9.48. The van der Waals surface area contributed by atoms with Crippen LogP contribution in [0.5, 0.6) is 0 Å². The minimum Gasteiger partial charge on any atom is -0.394 e. The molecule has 0 saturated carbocycles. The Labute approximate surface area is 231 Å². The molecule has 0 radical (unpaired) electrons. The lowest BCUT2D eigenvalue weighted by atomic mass is 9.74. The highest BCUT2D eigenvalue weighted by atomic mass is 32.2. The number of aliphatic hydroxyl groups is 1. The topological polar surface area (TPSA) is 112 Å². The predicted octanol–water partition coefficient (Wildman–Crippen LogP) is 1.66. The fraction of sp³-hybridized carbons (Fsp3) is 0.536. The van der Waals surface area contributed by atoms with Crippen molar-refractivity contribution >= 4 is 40.5 Å². The highest BCUT2D eigenvalue weighted by molar-refractivity contribution is 8.02. The molecular formula is C28H34N6O4S. The Hall–Kier alpha value is -3.18.